The van der Waals surface area contributed by atoms with E-state index in [0.29, 0.717) is 0 Å². The van der Waals surface area contributed by atoms with E-state index in [1.165, 1.54) is 94.3 Å². The Bertz CT molecular complexity index is 3460. The number of hydrogen-bond donors (Lipinski definition) is 0. The van der Waals surface area contributed by atoms with Gasteiger partial charge in [0.2, 0.25) is 0 Å². The Morgan fingerprint density at radius 2 is 0.969 bits per heavy atom. The van der Waals surface area contributed by atoms with Crippen molar-refractivity contribution < 1.29 is 0 Å². The van der Waals surface area contributed by atoms with Crippen molar-refractivity contribution >= 4 is 38.8 Å². The molecule has 12 rings (SSSR count). The highest BCUT2D eigenvalue weighted by Crippen LogP contribution is 2.43. The first-order valence-electron chi connectivity index (χ1n) is 22.8. The molecule has 65 heavy (non-hydrogen) atoms. The average molecular weight is 831 g/mol. The fourth-order valence-corrected chi connectivity index (χ4v) is 10.3. The Balaban J connectivity index is 0.885. The number of aliphatic imine (C=N–C) groups is 1. The van der Waals surface area contributed by atoms with Crippen molar-refractivity contribution in [2.45, 2.75) is 25.2 Å². The van der Waals surface area contributed by atoms with Crippen LogP contribution < -0.4 is 0 Å². The largest absolute Gasteiger partial charge is 0.309 e. The van der Waals surface area contributed by atoms with E-state index in [2.05, 4.69) is 241 Å². The number of hydrogen-bond acceptors (Lipinski definition) is 1. The van der Waals surface area contributed by atoms with Gasteiger partial charge in [0.15, 0.2) is 0 Å². The van der Waals surface area contributed by atoms with Gasteiger partial charge in [0.05, 0.1) is 16.7 Å². The first kappa shape index (κ1) is 38.6. The summed E-state index contributed by atoms with van der Waals surface area (Å²) >= 11 is 0. The molecule has 0 saturated carbocycles. The molecule has 1 atom stereocenters. The van der Waals surface area contributed by atoms with Crippen molar-refractivity contribution in [3.63, 3.8) is 0 Å². The molecule has 0 saturated heterocycles. The predicted molar refractivity (Wildman–Crippen MR) is 274 cm³/mol. The van der Waals surface area contributed by atoms with Crippen LogP contribution in [-0.2, 0) is 6.42 Å². The second kappa shape index (κ2) is 16.6. The number of para-hydroxylation sites is 1. The van der Waals surface area contributed by atoms with Crippen LogP contribution in [0.1, 0.15) is 41.0 Å². The predicted octanol–water partition coefficient (Wildman–Crippen LogP) is 16.5. The zero-order valence-corrected chi connectivity index (χ0v) is 36.1. The third-order valence-corrected chi connectivity index (χ3v) is 13.6. The molecule has 2 aliphatic rings. The van der Waals surface area contributed by atoms with Crippen LogP contribution in [-0.4, -0.2) is 10.3 Å². The van der Waals surface area contributed by atoms with E-state index >= 15 is 0 Å². The van der Waals surface area contributed by atoms with Crippen molar-refractivity contribution in [1.82, 2.24) is 4.57 Å². The highest BCUT2D eigenvalue weighted by Gasteiger charge is 2.27. The van der Waals surface area contributed by atoms with Gasteiger partial charge in [-0.2, -0.15) is 0 Å². The smallest absolute Gasteiger partial charge is 0.0707 e. The van der Waals surface area contributed by atoms with E-state index < -0.39 is 0 Å². The summed E-state index contributed by atoms with van der Waals surface area (Å²) in [5, 5.41) is 2.51. The van der Waals surface area contributed by atoms with Crippen molar-refractivity contribution in [3.8, 4) is 50.2 Å². The summed E-state index contributed by atoms with van der Waals surface area (Å²) in [7, 11) is 0. The van der Waals surface area contributed by atoms with Gasteiger partial charge >= 0.3 is 0 Å². The zero-order chi connectivity index (χ0) is 43.1. The van der Waals surface area contributed by atoms with Gasteiger partial charge in [-0.15, -0.1) is 0 Å². The summed E-state index contributed by atoms with van der Waals surface area (Å²) in [5.41, 5.74) is 22.1. The van der Waals surface area contributed by atoms with Gasteiger partial charge in [0.1, 0.15) is 0 Å². The molecule has 2 heterocycles. The summed E-state index contributed by atoms with van der Waals surface area (Å²) in [6.07, 6.45) is 7.46. The topological polar surface area (TPSA) is 17.3 Å². The normalized spacial score (nSPS) is 14.7. The molecule has 308 valence electrons. The minimum Gasteiger partial charge on any atom is -0.309 e. The summed E-state index contributed by atoms with van der Waals surface area (Å²) in [5.74, 6) is 0.192. The van der Waals surface area contributed by atoms with Crippen LogP contribution >= 0.6 is 0 Å². The lowest BCUT2D eigenvalue weighted by Crippen LogP contribution is -2.13. The molecular weight excluding hydrogens is 785 g/mol. The molecule has 2 nitrogen and oxygen atoms in total. The highest BCUT2D eigenvalue weighted by atomic mass is 15.0. The Kier molecular flexibility index (Phi) is 9.84. The lowest BCUT2D eigenvalue weighted by atomic mass is 9.86. The molecule has 2 heteroatoms. The Labute approximate surface area is 380 Å². The summed E-state index contributed by atoms with van der Waals surface area (Å²) in [6, 6.07) is 81.9. The Morgan fingerprint density at radius 1 is 0.415 bits per heavy atom. The average Bonchev–Trinajstić information content (AvgIpc) is 3.47. The van der Waals surface area contributed by atoms with E-state index in [9.17, 15) is 0 Å². The van der Waals surface area contributed by atoms with E-state index in [4.69, 9.17) is 4.99 Å². The maximum atomic E-state index is 5.55. The molecule has 0 N–H and O–H groups in total. The first-order valence-corrected chi connectivity index (χ1v) is 22.8. The highest BCUT2D eigenvalue weighted by molar-refractivity contribution is 6.10. The van der Waals surface area contributed by atoms with Crippen molar-refractivity contribution in [2.75, 3.05) is 0 Å². The number of fused-ring (bicyclic) bond motifs is 6. The monoisotopic (exact) mass is 830 g/mol. The van der Waals surface area contributed by atoms with Crippen LogP contribution in [0.2, 0.25) is 0 Å². The Morgan fingerprint density at radius 3 is 1.71 bits per heavy atom. The first-order chi connectivity index (χ1) is 32.2. The van der Waals surface area contributed by atoms with Crippen LogP contribution in [0.25, 0.3) is 83.3 Å². The third-order valence-electron chi connectivity index (χ3n) is 13.6. The SMILES string of the molecule is C1=C(c2ccccc2)C=C(c2ccccc2)N=C(C2CCc3ccc(-c4ccc5c(c4)c4ccccc4n5-c4ccc(-c5ccc(-c6ccccc6)cc5)cc4)cc3-c3ccccc32)C1. The fraction of sp³-hybridized carbons (Fsp3) is 0.0635. The van der Waals surface area contributed by atoms with E-state index in [1.807, 2.05) is 0 Å². The molecular formula is C63H46N2. The minimum absolute atomic E-state index is 0.192. The van der Waals surface area contributed by atoms with E-state index in [0.717, 1.165) is 36.2 Å². The second-order valence-corrected chi connectivity index (χ2v) is 17.4. The van der Waals surface area contributed by atoms with Crippen LogP contribution in [0.3, 0.4) is 0 Å². The molecule has 0 bridgehead atoms. The summed E-state index contributed by atoms with van der Waals surface area (Å²) < 4.78 is 2.41. The number of allylic oxidation sites excluding steroid dienone is 3. The van der Waals surface area contributed by atoms with Crippen molar-refractivity contribution in [3.05, 3.63) is 259 Å². The number of aromatic nitrogens is 1. The lowest BCUT2D eigenvalue weighted by Gasteiger charge is -2.20. The van der Waals surface area contributed by atoms with E-state index in [1.54, 1.807) is 0 Å². The number of rotatable bonds is 7. The zero-order valence-electron chi connectivity index (χ0n) is 36.1. The molecule has 0 fully saturated rings. The van der Waals surface area contributed by atoms with Gasteiger partial charge in [-0.25, -0.2) is 0 Å². The Hall–Kier alpha value is -8.07. The van der Waals surface area contributed by atoms with Crippen molar-refractivity contribution in [1.29, 1.82) is 0 Å². The number of nitrogens with zero attached hydrogens (tertiary/aromatic N) is 2. The summed E-state index contributed by atoms with van der Waals surface area (Å²) in [4.78, 5) is 5.55. The van der Waals surface area contributed by atoms with Crippen LogP contribution in [0.15, 0.2) is 242 Å². The molecule has 1 unspecified atom stereocenters. The van der Waals surface area contributed by atoms with Gasteiger partial charge in [-0.1, -0.05) is 194 Å². The lowest BCUT2D eigenvalue weighted by molar-refractivity contribution is 0.770. The molecule has 0 spiro atoms. The van der Waals surface area contributed by atoms with Crippen LogP contribution in [0, 0.1) is 0 Å². The number of aryl methyl sites for hydroxylation is 1. The van der Waals surface area contributed by atoms with Crippen LogP contribution in [0.5, 0.6) is 0 Å². The van der Waals surface area contributed by atoms with Crippen LogP contribution in [0.4, 0.5) is 0 Å². The quantitative estimate of drug-likeness (QED) is 0.152. The van der Waals surface area contributed by atoms with Gasteiger partial charge in [-0.3, -0.25) is 4.99 Å². The summed E-state index contributed by atoms with van der Waals surface area (Å²) in [6.45, 7) is 0. The third kappa shape index (κ3) is 7.24. The molecule has 0 amide bonds. The van der Waals surface area contributed by atoms with Crippen molar-refractivity contribution in [2.24, 2.45) is 4.99 Å². The molecule has 1 aliphatic carbocycles. The van der Waals surface area contributed by atoms with Gasteiger partial charge < -0.3 is 4.57 Å². The van der Waals surface area contributed by atoms with Gasteiger partial charge in [0, 0.05) is 40.1 Å². The van der Waals surface area contributed by atoms with E-state index in [-0.39, 0.29) is 5.92 Å². The maximum Gasteiger partial charge on any atom is 0.0707 e. The molecule has 1 aromatic heterocycles. The molecule has 9 aromatic carbocycles. The fourth-order valence-electron chi connectivity index (χ4n) is 10.3. The molecule has 10 aromatic rings. The second-order valence-electron chi connectivity index (χ2n) is 17.4. The maximum absolute atomic E-state index is 5.55. The standard InChI is InChI=1S/C63H46N2/c1-4-14-43(15-5-1)45-24-26-46(27-25-45)47-30-35-53(36-31-47)65-62-23-13-12-22-57(62)59-41-51(34-39-63(59)65)50-29-28-48-32-37-56(54-20-10-11-21-55(54)58(48)40-50)60-38-33-52(44-16-6-2-7-17-44)42-61(64-60)49-18-8-3-9-19-49/h1-31,33-36,39-42,56H,32,37-38H2. The molecule has 0 radical (unpaired) electrons. The number of benzene rings is 9. The molecule has 1 aliphatic heterocycles. The van der Waals surface area contributed by atoms with Gasteiger partial charge in [-0.05, 0) is 122 Å². The minimum atomic E-state index is 0.192. The van der Waals surface area contributed by atoms with Gasteiger partial charge in [0.25, 0.3) is 0 Å².